The van der Waals surface area contributed by atoms with Crippen molar-refractivity contribution in [2.75, 3.05) is 20.8 Å². The fraction of sp³-hybridized carbons (Fsp3) is 0.621. The van der Waals surface area contributed by atoms with Crippen molar-refractivity contribution in [3.05, 3.63) is 30.0 Å². The highest BCUT2D eigenvalue weighted by atomic mass is 16.5. The van der Waals surface area contributed by atoms with Crippen LogP contribution >= 0.6 is 0 Å². The van der Waals surface area contributed by atoms with E-state index in [2.05, 4.69) is 50.4 Å². The zero-order valence-electron chi connectivity index (χ0n) is 23.7. The van der Waals surface area contributed by atoms with Crippen molar-refractivity contribution in [1.29, 1.82) is 0 Å². The fourth-order valence-corrected chi connectivity index (χ4v) is 4.24. The van der Waals surface area contributed by atoms with Gasteiger partial charge in [0.1, 0.15) is 11.5 Å². The molecule has 2 aromatic rings. The lowest BCUT2D eigenvalue weighted by atomic mass is 10.0. The molecule has 1 aromatic heterocycles. The van der Waals surface area contributed by atoms with Gasteiger partial charge >= 0.3 is 0 Å². The summed E-state index contributed by atoms with van der Waals surface area (Å²) in [7, 11) is 3.23. The summed E-state index contributed by atoms with van der Waals surface area (Å²) in [5, 5.41) is 10.7. The number of carbonyl (C=O) groups excluding carboxylic acids is 2. The monoisotopic (exact) mass is 514 g/mol. The van der Waals surface area contributed by atoms with E-state index in [1.807, 2.05) is 22.9 Å². The molecule has 0 saturated carbocycles. The maximum absolute atomic E-state index is 13.4. The van der Waals surface area contributed by atoms with E-state index in [1.54, 1.807) is 20.3 Å². The number of benzene rings is 1. The highest BCUT2D eigenvalue weighted by Crippen LogP contribution is 2.38. The molecule has 2 N–H and O–H groups in total. The van der Waals surface area contributed by atoms with Crippen molar-refractivity contribution in [1.82, 2.24) is 20.4 Å². The van der Waals surface area contributed by atoms with E-state index in [9.17, 15) is 9.59 Å². The van der Waals surface area contributed by atoms with Crippen LogP contribution in [0, 0.1) is 11.8 Å². The largest absolute Gasteiger partial charge is 0.496 e. The van der Waals surface area contributed by atoms with Crippen molar-refractivity contribution >= 4 is 11.8 Å². The second kappa shape index (κ2) is 15.3. The van der Waals surface area contributed by atoms with Crippen LogP contribution in [0.15, 0.2) is 24.3 Å². The Labute approximate surface area is 222 Å². The highest BCUT2D eigenvalue weighted by Gasteiger charge is 2.24. The van der Waals surface area contributed by atoms with Crippen LogP contribution in [0.3, 0.4) is 0 Å². The molecular formula is C29H46N4O4. The molecule has 0 radical (unpaired) electrons. The number of hydrogen-bond donors (Lipinski definition) is 2. The summed E-state index contributed by atoms with van der Waals surface area (Å²) in [6.45, 7) is 11.9. The number of rotatable bonds is 16. The van der Waals surface area contributed by atoms with Gasteiger partial charge in [0.05, 0.1) is 25.5 Å². The van der Waals surface area contributed by atoms with Crippen LogP contribution in [0.2, 0.25) is 0 Å². The Bertz CT molecular complexity index is 978. The summed E-state index contributed by atoms with van der Waals surface area (Å²) in [5.41, 5.74) is 1.81. The molecule has 8 nitrogen and oxygen atoms in total. The van der Waals surface area contributed by atoms with Crippen LogP contribution < -0.4 is 20.1 Å². The fourth-order valence-electron chi connectivity index (χ4n) is 4.24. The molecule has 2 amide bonds. The zero-order valence-corrected chi connectivity index (χ0v) is 23.7. The Kier molecular flexibility index (Phi) is 12.5. The third-order valence-electron chi connectivity index (χ3n) is 6.20. The molecule has 2 rings (SSSR count). The first-order valence-electron chi connectivity index (χ1n) is 13.6. The predicted octanol–water partition coefficient (Wildman–Crippen LogP) is 5.45. The average molecular weight is 515 g/mol. The third kappa shape index (κ3) is 9.41. The van der Waals surface area contributed by atoms with E-state index in [0.29, 0.717) is 42.1 Å². The van der Waals surface area contributed by atoms with Gasteiger partial charge in [-0.2, -0.15) is 5.10 Å². The highest BCUT2D eigenvalue weighted by molar-refractivity contribution is 5.94. The number of nitrogens with one attached hydrogen (secondary N) is 2. The number of hydrogen-bond acceptors (Lipinski definition) is 5. The first-order valence-corrected chi connectivity index (χ1v) is 13.6. The van der Waals surface area contributed by atoms with Gasteiger partial charge in [-0.15, -0.1) is 0 Å². The Hall–Kier alpha value is -3.03. The second-order valence-electron chi connectivity index (χ2n) is 10.4. The number of nitrogens with zero attached hydrogens (tertiary/aromatic N) is 2. The van der Waals surface area contributed by atoms with Crippen LogP contribution in [0.5, 0.6) is 11.5 Å². The summed E-state index contributed by atoms with van der Waals surface area (Å²) in [6, 6.07) is 7.12. The van der Waals surface area contributed by atoms with Gasteiger partial charge in [-0.3, -0.25) is 14.3 Å². The summed E-state index contributed by atoms with van der Waals surface area (Å²) >= 11 is 0. The van der Waals surface area contributed by atoms with E-state index < -0.39 is 0 Å². The van der Waals surface area contributed by atoms with E-state index >= 15 is 0 Å². The van der Waals surface area contributed by atoms with Crippen molar-refractivity contribution in [2.45, 2.75) is 85.7 Å². The molecule has 0 spiro atoms. The molecule has 0 aliphatic rings. The first-order chi connectivity index (χ1) is 17.7. The van der Waals surface area contributed by atoms with Crippen molar-refractivity contribution in [3.63, 3.8) is 0 Å². The minimum Gasteiger partial charge on any atom is -0.496 e. The lowest BCUT2D eigenvalue weighted by molar-refractivity contribution is -0.121. The summed E-state index contributed by atoms with van der Waals surface area (Å²) in [5.74, 6) is 1.75. The maximum atomic E-state index is 13.4. The molecule has 0 saturated heterocycles. The van der Waals surface area contributed by atoms with E-state index in [-0.39, 0.29) is 24.3 Å². The van der Waals surface area contributed by atoms with Crippen LogP contribution in [0.4, 0.5) is 0 Å². The summed E-state index contributed by atoms with van der Waals surface area (Å²) < 4.78 is 13.1. The number of carbonyl (C=O) groups is 2. The minimum absolute atomic E-state index is 0.0325. The SMILES string of the molecule is CCCCCNC(=O)C[C@H](CCC(C)C)NC(=O)c1cc(-c2c(OC)cccc2OC)n(CC(C)C)n1. The Balaban J connectivity index is 2.30. The maximum Gasteiger partial charge on any atom is 0.272 e. The molecule has 0 fully saturated rings. The summed E-state index contributed by atoms with van der Waals surface area (Å²) in [6.07, 6.45) is 5.06. The molecule has 206 valence electrons. The molecule has 1 heterocycles. The average Bonchev–Trinajstić information content (AvgIpc) is 3.27. The second-order valence-corrected chi connectivity index (χ2v) is 10.4. The van der Waals surface area contributed by atoms with Gasteiger partial charge in [-0.1, -0.05) is 53.5 Å². The molecule has 0 bridgehead atoms. The minimum atomic E-state index is -0.287. The lowest BCUT2D eigenvalue weighted by Crippen LogP contribution is -2.39. The van der Waals surface area contributed by atoms with Crippen LogP contribution in [-0.4, -0.2) is 48.4 Å². The van der Waals surface area contributed by atoms with Crippen molar-refractivity contribution in [3.8, 4) is 22.8 Å². The Morgan fingerprint density at radius 3 is 2.24 bits per heavy atom. The number of ether oxygens (including phenoxy) is 2. The van der Waals surface area contributed by atoms with Crippen LogP contribution in [0.1, 0.15) is 83.6 Å². The number of aromatic nitrogens is 2. The normalized spacial score (nSPS) is 12.0. The van der Waals surface area contributed by atoms with Crippen LogP contribution in [0.25, 0.3) is 11.3 Å². The standard InChI is InChI=1S/C29H46N4O4/c1-8-9-10-16-30-27(34)17-22(15-14-20(2)3)31-29(35)23-18-24(33(32-23)19-21(4)5)28-25(36-6)12-11-13-26(28)37-7/h11-13,18,20-22H,8-10,14-17,19H2,1-7H3,(H,30,34)(H,31,35)/t22-/m0/s1. The van der Waals surface area contributed by atoms with Gasteiger partial charge in [0, 0.05) is 25.6 Å². The predicted molar refractivity (Wildman–Crippen MR) is 148 cm³/mol. The van der Waals surface area contributed by atoms with Crippen molar-refractivity contribution in [2.24, 2.45) is 11.8 Å². The van der Waals surface area contributed by atoms with Gasteiger partial charge in [-0.25, -0.2) is 0 Å². The molecule has 0 aliphatic heterocycles. The quantitative estimate of drug-likeness (QED) is 0.290. The van der Waals surface area contributed by atoms with Gasteiger partial charge in [0.2, 0.25) is 5.91 Å². The van der Waals surface area contributed by atoms with Crippen LogP contribution in [-0.2, 0) is 11.3 Å². The van der Waals surface area contributed by atoms with Crippen molar-refractivity contribution < 1.29 is 19.1 Å². The van der Waals surface area contributed by atoms with Gasteiger partial charge < -0.3 is 20.1 Å². The molecule has 1 atom stereocenters. The first kappa shape index (κ1) is 30.2. The molecule has 8 heteroatoms. The third-order valence-corrected chi connectivity index (χ3v) is 6.20. The lowest BCUT2D eigenvalue weighted by Gasteiger charge is -2.19. The Morgan fingerprint density at radius 1 is 1.00 bits per heavy atom. The molecule has 0 aliphatic carbocycles. The number of amides is 2. The van der Waals surface area contributed by atoms with Gasteiger partial charge in [0.25, 0.3) is 5.91 Å². The number of unbranched alkanes of at least 4 members (excludes halogenated alkanes) is 2. The molecule has 0 unspecified atom stereocenters. The zero-order chi connectivity index (χ0) is 27.4. The topological polar surface area (TPSA) is 94.5 Å². The molecular weight excluding hydrogens is 468 g/mol. The smallest absolute Gasteiger partial charge is 0.272 e. The summed E-state index contributed by atoms with van der Waals surface area (Å²) in [4.78, 5) is 26.0. The van der Waals surface area contributed by atoms with E-state index in [4.69, 9.17) is 9.47 Å². The van der Waals surface area contributed by atoms with E-state index in [0.717, 1.165) is 43.4 Å². The van der Waals surface area contributed by atoms with E-state index in [1.165, 1.54) is 0 Å². The number of methoxy groups -OCH3 is 2. The molecule has 1 aromatic carbocycles. The Morgan fingerprint density at radius 2 is 1.68 bits per heavy atom. The molecule has 37 heavy (non-hydrogen) atoms. The van der Waals surface area contributed by atoms with Gasteiger partial charge in [-0.05, 0) is 49.3 Å². The van der Waals surface area contributed by atoms with Gasteiger partial charge in [0.15, 0.2) is 5.69 Å².